The summed E-state index contributed by atoms with van der Waals surface area (Å²) in [5.74, 6) is 1.32. The summed E-state index contributed by atoms with van der Waals surface area (Å²) < 4.78 is 24.0. The summed E-state index contributed by atoms with van der Waals surface area (Å²) in [7, 11) is 0. The summed E-state index contributed by atoms with van der Waals surface area (Å²) in [5, 5.41) is 3.28. The molecule has 0 radical (unpaired) electrons. The van der Waals surface area contributed by atoms with Crippen LogP contribution in [0.25, 0.3) is 0 Å². The van der Waals surface area contributed by atoms with Gasteiger partial charge in [-0.1, -0.05) is 6.07 Å². The molecule has 4 nitrogen and oxygen atoms in total. The van der Waals surface area contributed by atoms with Gasteiger partial charge in [0, 0.05) is 12.7 Å². The van der Waals surface area contributed by atoms with Crippen LogP contribution in [-0.4, -0.2) is 24.7 Å². The molecule has 2 heterocycles. The average molecular weight is 288 g/mol. The summed E-state index contributed by atoms with van der Waals surface area (Å²) in [4.78, 5) is 3.82. The smallest absolute Gasteiger partial charge is 0.161 e. The number of fused-ring (bicyclic) bond motifs is 1. The minimum absolute atomic E-state index is 0.305. The Balaban J connectivity index is 1.49. The Bertz CT molecular complexity index is 619. The number of rotatable bonds is 5. The summed E-state index contributed by atoms with van der Waals surface area (Å²) in [6, 6.07) is 7.49. The number of benzene rings is 1. The summed E-state index contributed by atoms with van der Waals surface area (Å²) in [6.45, 7) is 2.61. The van der Waals surface area contributed by atoms with Crippen LogP contribution in [0, 0.1) is 5.82 Å². The fourth-order valence-corrected chi connectivity index (χ4v) is 2.26. The highest BCUT2D eigenvalue weighted by molar-refractivity contribution is 5.43. The SMILES string of the molecule is Fc1cncc(CNCCc2ccc3c(c2)OCCO3)c1. The summed E-state index contributed by atoms with van der Waals surface area (Å²) >= 11 is 0. The van der Waals surface area contributed by atoms with E-state index in [9.17, 15) is 4.39 Å². The fourth-order valence-electron chi connectivity index (χ4n) is 2.26. The van der Waals surface area contributed by atoms with E-state index >= 15 is 0 Å². The maximum absolute atomic E-state index is 13.0. The van der Waals surface area contributed by atoms with Crippen molar-refractivity contribution >= 4 is 0 Å². The molecule has 1 aliphatic heterocycles. The van der Waals surface area contributed by atoms with Crippen molar-refractivity contribution in [1.29, 1.82) is 0 Å². The zero-order valence-corrected chi connectivity index (χ0v) is 11.6. The number of ether oxygens (including phenoxy) is 2. The topological polar surface area (TPSA) is 43.4 Å². The van der Waals surface area contributed by atoms with Crippen LogP contribution in [0.1, 0.15) is 11.1 Å². The van der Waals surface area contributed by atoms with Crippen LogP contribution in [0.5, 0.6) is 11.5 Å². The van der Waals surface area contributed by atoms with Gasteiger partial charge in [-0.2, -0.15) is 0 Å². The second-order valence-corrected chi connectivity index (χ2v) is 4.92. The Morgan fingerprint density at radius 2 is 1.90 bits per heavy atom. The molecule has 0 spiro atoms. The van der Waals surface area contributed by atoms with Crippen LogP contribution >= 0.6 is 0 Å². The Morgan fingerprint density at radius 1 is 1.05 bits per heavy atom. The van der Waals surface area contributed by atoms with Crippen molar-refractivity contribution in [2.24, 2.45) is 0 Å². The number of nitrogens with one attached hydrogen (secondary N) is 1. The largest absolute Gasteiger partial charge is 0.486 e. The van der Waals surface area contributed by atoms with Crippen molar-refractivity contribution in [3.63, 3.8) is 0 Å². The maximum Gasteiger partial charge on any atom is 0.161 e. The molecule has 1 N–H and O–H groups in total. The molecule has 0 saturated heterocycles. The molecule has 3 rings (SSSR count). The van der Waals surface area contributed by atoms with Gasteiger partial charge in [-0.3, -0.25) is 4.98 Å². The number of aromatic nitrogens is 1. The molecule has 0 atom stereocenters. The van der Waals surface area contributed by atoms with Gasteiger partial charge in [-0.25, -0.2) is 4.39 Å². The molecule has 0 unspecified atom stereocenters. The lowest BCUT2D eigenvalue weighted by molar-refractivity contribution is 0.171. The average Bonchev–Trinajstić information content (AvgIpc) is 2.51. The first kappa shape index (κ1) is 13.8. The summed E-state index contributed by atoms with van der Waals surface area (Å²) in [6.07, 6.45) is 3.75. The lowest BCUT2D eigenvalue weighted by Gasteiger charge is -2.18. The van der Waals surface area contributed by atoms with Gasteiger partial charge < -0.3 is 14.8 Å². The van der Waals surface area contributed by atoms with Gasteiger partial charge in [0.2, 0.25) is 0 Å². The van der Waals surface area contributed by atoms with E-state index < -0.39 is 0 Å². The van der Waals surface area contributed by atoms with E-state index in [0.717, 1.165) is 30.0 Å². The van der Waals surface area contributed by atoms with Gasteiger partial charge in [0.1, 0.15) is 19.0 Å². The van der Waals surface area contributed by atoms with E-state index in [-0.39, 0.29) is 5.82 Å². The van der Waals surface area contributed by atoms with Gasteiger partial charge in [0.05, 0.1) is 6.20 Å². The van der Waals surface area contributed by atoms with Crippen LogP contribution in [0.3, 0.4) is 0 Å². The van der Waals surface area contributed by atoms with Crippen LogP contribution in [0.2, 0.25) is 0 Å². The lowest BCUT2D eigenvalue weighted by atomic mass is 10.1. The Kier molecular flexibility index (Phi) is 4.31. The predicted molar refractivity (Wildman–Crippen MR) is 77.0 cm³/mol. The highest BCUT2D eigenvalue weighted by Crippen LogP contribution is 2.30. The zero-order valence-electron chi connectivity index (χ0n) is 11.6. The molecule has 1 aromatic carbocycles. The molecular weight excluding hydrogens is 271 g/mol. The van der Waals surface area contributed by atoms with Gasteiger partial charge in [-0.15, -0.1) is 0 Å². The predicted octanol–water partition coefficient (Wildman–Crippen LogP) is 2.32. The number of hydrogen-bond acceptors (Lipinski definition) is 4. The van der Waals surface area contributed by atoms with E-state index in [1.165, 1.54) is 17.8 Å². The molecule has 1 aromatic heterocycles. The Hall–Kier alpha value is -2.14. The lowest BCUT2D eigenvalue weighted by Crippen LogP contribution is -2.18. The molecule has 0 amide bonds. The first-order valence-corrected chi connectivity index (χ1v) is 7.00. The Morgan fingerprint density at radius 3 is 2.76 bits per heavy atom. The van der Waals surface area contributed by atoms with Crippen molar-refractivity contribution in [2.75, 3.05) is 19.8 Å². The van der Waals surface area contributed by atoms with Crippen molar-refractivity contribution in [3.8, 4) is 11.5 Å². The number of halogens is 1. The number of pyridine rings is 1. The van der Waals surface area contributed by atoms with Crippen molar-refractivity contribution < 1.29 is 13.9 Å². The number of nitrogens with zero attached hydrogens (tertiary/aromatic N) is 1. The molecule has 110 valence electrons. The third-order valence-electron chi connectivity index (χ3n) is 3.29. The molecule has 1 aliphatic rings. The molecule has 0 fully saturated rings. The molecular formula is C16H17FN2O2. The van der Waals surface area contributed by atoms with Crippen LogP contribution in [-0.2, 0) is 13.0 Å². The first-order chi connectivity index (χ1) is 10.3. The molecule has 0 bridgehead atoms. The minimum atomic E-state index is -0.305. The third-order valence-corrected chi connectivity index (χ3v) is 3.29. The van der Waals surface area contributed by atoms with E-state index in [4.69, 9.17) is 9.47 Å². The quantitative estimate of drug-likeness (QED) is 0.858. The fraction of sp³-hybridized carbons (Fsp3) is 0.312. The van der Waals surface area contributed by atoms with Gasteiger partial charge in [-0.05, 0) is 42.3 Å². The van der Waals surface area contributed by atoms with Crippen LogP contribution in [0.4, 0.5) is 4.39 Å². The number of hydrogen-bond donors (Lipinski definition) is 1. The van der Waals surface area contributed by atoms with E-state index in [0.29, 0.717) is 19.8 Å². The van der Waals surface area contributed by atoms with Crippen molar-refractivity contribution in [3.05, 3.63) is 53.6 Å². The molecule has 0 aliphatic carbocycles. The van der Waals surface area contributed by atoms with E-state index in [2.05, 4.69) is 10.3 Å². The molecule has 0 saturated carbocycles. The first-order valence-electron chi connectivity index (χ1n) is 7.00. The van der Waals surface area contributed by atoms with E-state index in [1.54, 1.807) is 6.20 Å². The molecule has 5 heteroatoms. The highest BCUT2D eigenvalue weighted by atomic mass is 19.1. The maximum atomic E-state index is 13.0. The normalized spacial score (nSPS) is 13.2. The highest BCUT2D eigenvalue weighted by Gasteiger charge is 2.11. The minimum Gasteiger partial charge on any atom is -0.486 e. The summed E-state index contributed by atoms with van der Waals surface area (Å²) in [5.41, 5.74) is 2.03. The van der Waals surface area contributed by atoms with Gasteiger partial charge in [0.15, 0.2) is 11.5 Å². The van der Waals surface area contributed by atoms with Gasteiger partial charge >= 0.3 is 0 Å². The molecule has 2 aromatic rings. The second-order valence-electron chi connectivity index (χ2n) is 4.92. The van der Waals surface area contributed by atoms with Gasteiger partial charge in [0.25, 0.3) is 0 Å². The second kappa shape index (κ2) is 6.54. The molecule has 21 heavy (non-hydrogen) atoms. The standard InChI is InChI=1S/C16H17FN2O2/c17-14-7-13(10-19-11-14)9-18-4-3-12-1-2-15-16(8-12)21-6-5-20-15/h1-2,7-8,10-11,18H,3-6,9H2. The van der Waals surface area contributed by atoms with E-state index in [1.807, 2.05) is 18.2 Å². The monoisotopic (exact) mass is 288 g/mol. The Labute approximate surface area is 122 Å². The third kappa shape index (κ3) is 3.70. The van der Waals surface area contributed by atoms with Crippen LogP contribution < -0.4 is 14.8 Å². The zero-order chi connectivity index (χ0) is 14.5. The van der Waals surface area contributed by atoms with Crippen LogP contribution in [0.15, 0.2) is 36.7 Å². The van der Waals surface area contributed by atoms with Crippen molar-refractivity contribution in [2.45, 2.75) is 13.0 Å². The van der Waals surface area contributed by atoms with Crippen molar-refractivity contribution in [1.82, 2.24) is 10.3 Å².